The van der Waals surface area contributed by atoms with Gasteiger partial charge in [-0.05, 0) is 48.4 Å². The molecule has 2 aromatic heterocycles. The highest BCUT2D eigenvalue weighted by molar-refractivity contribution is 7.93. The van der Waals surface area contributed by atoms with Crippen LogP contribution in [0.3, 0.4) is 0 Å². The van der Waals surface area contributed by atoms with Gasteiger partial charge in [-0.25, -0.2) is 32.2 Å². The zero-order valence-electron chi connectivity index (χ0n) is 24.1. The van der Waals surface area contributed by atoms with Crippen LogP contribution in [0.5, 0.6) is 11.6 Å². The summed E-state index contributed by atoms with van der Waals surface area (Å²) in [4.78, 5) is 13.4. The van der Waals surface area contributed by atoms with Gasteiger partial charge in [-0.3, -0.25) is 0 Å². The van der Waals surface area contributed by atoms with Crippen molar-refractivity contribution in [3.05, 3.63) is 102 Å². The Morgan fingerprint density at radius 2 is 1.80 bits per heavy atom. The molecule has 0 amide bonds. The van der Waals surface area contributed by atoms with Crippen LogP contribution in [0.15, 0.2) is 85.2 Å². The van der Waals surface area contributed by atoms with Crippen molar-refractivity contribution in [2.75, 3.05) is 22.2 Å². The van der Waals surface area contributed by atoms with E-state index in [-0.39, 0.29) is 23.0 Å². The number of anilines is 2. The third-order valence-corrected chi connectivity index (χ3v) is 9.58. The fraction of sp³-hybridized carbons (Fsp3) is 0.219. The summed E-state index contributed by atoms with van der Waals surface area (Å²) in [5, 5.41) is 6.90. The molecule has 2 atom stereocenters. The topological polar surface area (TPSA) is 109 Å². The van der Waals surface area contributed by atoms with Gasteiger partial charge in [0.05, 0.1) is 17.0 Å². The Morgan fingerprint density at radius 1 is 1.00 bits per heavy atom. The van der Waals surface area contributed by atoms with Crippen molar-refractivity contribution in [3.8, 4) is 22.9 Å². The van der Waals surface area contributed by atoms with E-state index in [1.807, 2.05) is 6.92 Å². The van der Waals surface area contributed by atoms with Crippen LogP contribution in [0.2, 0.25) is 0 Å². The molecular weight excluding hydrogens is 622 g/mol. The fourth-order valence-electron chi connectivity index (χ4n) is 5.26. The summed E-state index contributed by atoms with van der Waals surface area (Å²) >= 11 is 6.39. The Labute approximate surface area is 264 Å². The van der Waals surface area contributed by atoms with Crippen LogP contribution in [-0.4, -0.2) is 48.7 Å². The van der Waals surface area contributed by atoms with Gasteiger partial charge < -0.3 is 15.4 Å². The molecule has 0 saturated carbocycles. The van der Waals surface area contributed by atoms with Crippen molar-refractivity contribution < 1.29 is 21.9 Å². The van der Waals surface area contributed by atoms with E-state index in [4.69, 9.17) is 16.5 Å². The first-order valence-corrected chi connectivity index (χ1v) is 16.2. The van der Waals surface area contributed by atoms with E-state index in [2.05, 4.69) is 25.6 Å². The van der Waals surface area contributed by atoms with Crippen molar-refractivity contribution in [1.29, 1.82) is 0 Å². The highest BCUT2D eigenvalue weighted by Crippen LogP contribution is 2.41. The van der Waals surface area contributed by atoms with Crippen molar-refractivity contribution in [1.82, 2.24) is 20.3 Å². The Hall–Kier alpha value is -4.39. The summed E-state index contributed by atoms with van der Waals surface area (Å²) < 4.78 is 62.6. The maximum Gasteiger partial charge on any atom is 0.253 e. The number of aryl methyl sites for hydroxylation is 1. The Morgan fingerprint density at radius 3 is 2.60 bits per heavy atom. The minimum atomic E-state index is -4.16. The summed E-state index contributed by atoms with van der Waals surface area (Å²) in [5.74, 6) is -0.333. The van der Waals surface area contributed by atoms with E-state index >= 15 is 4.39 Å². The molecule has 1 aliphatic rings. The Kier molecular flexibility index (Phi) is 8.79. The highest BCUT2D eigenvalue weighted by Gasteiger charge is 2.28. The highest BCUT2D eigenvalue weighted by atomic mass is 35.5. The number of aromatic nitrogens is 3. The number of halogens is 3. The minimum Gasteiger partial charge on any atom is -0.437 e. The number of sulfonamides is 1. The molecule has 1 aliphatic heterocycles. The molecule has 0 radical (unpaired) electrons. The number of hydrogen-bond donors (Lipinski definition) is 2. The summed E-state index contributed by atoms with van der Waals surface area (Å²) in [6, 6.07) is 19.5. The van der Waals surface area contributed by atoms with Gasteiger partial charge in [-0.1, -0.05) is 42.5 Å². The van der Waals surface area contributed by atoms with Crippen LogP contribution < -0.4 is 19.2 Å². The van der Waals surface area contributed by atoms with Crippen LogP contribution in [-0.2, 0) is 15.8 Å². The molecule has 232 valence electrons. The third-order valence-electron chi connectivity index (χ3n) is 7.41. The number of hydrogen-bond acceptors (Lipinski definition) is 8. The molecule has 6 rings (SSSR count). The second-order valence-electron chi connectivity index (χ2n) is 10.7. The first-order chi connectivity index (χ1) is 21.7. The smallest absolute Gasteiger partial charge is 0.253 e. The third kappa shape index (κ3) is 6.68. The predicted molar refractivity (Wildman–Crippen MR) is 171 cm³/mol. The van der Waals surface area contributed by atoms with Crippen LogP contribution in [0.4, 0.5) is 20.4 Å². The van der Waals surface area contributed by atoms with Gasteiger partial charge in [-0.2, -0.15) is 3.82 Å². The van der Waals surface area contributed by atoms with Gasteiger partial charge in [0.2, 0.25) is 11.8 Å². The first-order valence-electron chi connectivity index (χ1n) is 14.2. The lowest BCUT2D eigenvalue weighted by molar-refractivity contribution is 0.254. The number of rotatable bonds is 9. The zero-order chi connectivity index (χ0) is 31.6. The number of alkyl halides is 1. The molecule has 9 nitrogen and oxygen atoms in total. The quantitative estimate of drug-likeness (QED) is 0.173. The molecular formula is C32H29ClF2N6O3S. The van der Waals surface area contributed by atoms with Crippen molar-refractivity contribution in [2.24, 2.45) is 0 Å². The number of piperidine rings is 1. The second-order valence-corrected chi connectivity index (χ2v) is 13.1. The van der Waals surface area contributed by atoms with Gasteiger partial charge >= 0.3 is 0 Å². The van der Waals surface area contributed by atoms with E-state index in [0.717, 1.165) is 6.07 Å². The van der Waals surface area contributed by atoms with Crippen LogP contribution >= 0.6 is 11.8 Å². The molecule has 3 heterocycles. The number of pyridine rings is 1. The molecule has 5 aromatic rings. The number of benzene rings is 3. The number of nitrogens with zero attached hydrogens (tertiary/aromatic N) is 4. The van der Waals surface area contributed by atoms with E-state index in [0.29, 0.717) is 62.8 Å². The molecule has 0 spiro atoms. The van der Waals surface area contributed by atoms with Gasteiger partial charge in [-0.15, -0.1) is 0 Å². The largest absolute Gasteiger partial charge is 0.437 e. The predicted octanol–water partition coefficient (Wildman–Crippen LogP) is 6.53. The summed E-state index contributed by atoms with van der Waals surface area (Å²) in [7, 11) is -4.16. The molecule has 45 heavy (non-hydrogen) atoms. The Bertz CT molecular complexity index is 1950. The van der Waals surface area contributed by atoms with Crippen LogP contribution in [0.1, 0.15) is 17.5 Å². The fourth-order valence-corrected chi connectivity index (χ4v) is 6.77. The van der Waals surface area contributed by atoms with Crippen LogP contribution in [0, 0.1) is 12.7 Å². The average Bonchev–Trinajstić information content (AvgIpc) is 3.03. The van der Waals surface area contributed by atoms with Gasteiger partial charge in [0, 0.05) is 60.5 Å². The zero-order valence-corrected chi connectivity index (χ0v) is 25.7. The van der Waals surface area contributed by atoms with E-state index in [9.17, 15) is 12.8 Å². The lowest BCUT2D eigenvalue weighted by Gasteiger charge is -2.26. The maximum absolute atomic E-state index is 15.3. The monoisotopic (exact) mass is 650 g/mol. The normalized spacial score (nSPS) is 16.8. The molecule has 0 aliphatic carbocycles. The summed E-state index contributed by atoms with van der Waals surface area (Å²) in [5.41, 5.74) is 1.96. The van der Waals surface area contributed by atoms with E-state index < -0.39 is 27.8 Å². The number of fused-ring (bicyclic) bond motifs is 1. The molecule has 3 aromatic carbocycles. The molecule has 2 N–H and O–H groups in total. The lowest BCUT2D eigenvalue weighted by atomic mass is 10.0. The summed E-state index contributed by atoms with van der Waals surface area (Å²) in [6.45, 7) is 2.73. The molecule has 1 fully saturated rings. The van der Waals surface area contributed by atoms with Crippen LogP contribution in [0.25, 0.3) is 22.0 Å². The Balaban J connectivity index is 1.34. The average molecular weight is 651 g/mol. The minimum absolute atomic E-state index is 0.167. The number of nitrogens with one attached hydrogen (secondary N) is 2. The molecule has 1 saturated heterocycles. The SMILES string of the molecule is Cc1ccc2c(N(Cl)S(=O)(=O)Cc3ccccc3)c(F)ccc2c1Oc1ncccc1-c1ccnc(N[C@@H]2CNC[C@@H](F)C2)n1. The van der Waals surface area contributed by atoms with Crippen molar-refractivity contribution in [2.45, 2.75) is 31.3 Å². The number of ether oxygens (including phenoxy) is 1. The molecule has 0 bridgehead atoms. The summed E-state index contributed by atoms with van der Waals surface area (Å²) in [6.07, 6.45) is 2.55. The first kappa shape index (κ1) is 30.6. The van der Waals surface area contributed by atoms with Gasteiger partial charge in [0.25, 0.3) is 10.0 Å². The van der Waals surface area contributed by atoms with Crippen molar-refractivity contribution in [3.63, 3.8) is 0 Å². The second kappa shape index (κ2) is 12.9. The molecule has 0 unspecified atom stereocenters. The van der Waals surface area contributed by atoms with E-state index in [1.54, 1.807) is 73.1 Å². The standard InChI is InChI=1S/C32H29ClF2N6O3S/c1-20-9-10-24-25(11-12-27(35)29(24)41(33)45(42,43)19-21-6-3-2-4-7-21)30(20)44-31-26(8-5-14-37-31)28-13-15-38-32(40-28)39-23-16-22(34)17-36-18-23/h2-15,22-23,36H,16-19H2,1H3,(H,38,39,40)/t22-,23-/m0/s1. The van der Waals surface area contributed by atoms with Crippen molar-refractivity contribution >= 4 is 44.2 Å². The molecule has 13 heteroatoms. The van der Waals surface area contributed by atoms with E-state index in [1.165, 1.54) is 6.07 Å². The van der Waals surface area contributed by atoms with Gasteiger partial charge in [0.15, 0.2) is 0 Å². The maximum atomic E-state index is 15.3. The lowest BCUT2D eigenvalue weighted by Crippen LogP contribution is -2.44. The van der Waals surface area contributed by atoms with Gasteiger partial charge in [0.1, 0.15) is 23.4 Å².